The van der Waals surface area contributed by atoms with Crippen LogP contribution in [0.3, 0.4) is 0 Å². The largest absolute Gasteiger partial charge is 0.480 e. The van der Waals surface area contributed by atoms with Crippen molar-refractivity contribution < 1.29 is 43.3 Å². The maximum atomic E-state index is 14.2. The molecule has 3 aromatic rings. The van der Waals surface area contributed by atoms with Crippen LogP contribution in [-0.2, 0) is 48.3 Å². The lowest BCUT2D eigenvalue weighted by molar-refractivity contribution is -0.143. The molecule has 0 heterocycles. The summed E-state index contributed by atoms with van der Waals surface area (Å²) in [4.78, 5) is 78.6. The number of aliphatic carboxylic acids is 1. The van der Waals surface area contributed by atoms with Gasteiger partial charge in [-0.25, -0.2) is 14.4 Å². The number of hydrogen-bond donors (Lipinski definition) is 7. The minimum Gasteiger partial charge on any atom is -0.480 e. The molecule has 0 saturated heterocycles. The Kier molecular flexibility index (Phi) is 20.7. The summed E-state index contributed by atoms with van der Waals surface area (Å²) in [5.41, 5.74) is 14.1. The van der Waals surface area contributed by atoms with E-state index in [0.717, 1.165) is 21.6 Å². The van der Waals surface area contributed by atoms with Crippen molar-refractivity contribution in [3.05, 3.63) is 108 Å². The highest BCUT2D eigenvalue weighted by atomic mass is 16.6. The third-order valence-electron chi connectivity index (χ3n) is 8.75. The lowest BCUT2D eigenvalue weighted by Gasteiger charge is -2.28. The SMILES string of the molecule is NCCCC[C@H](NC(=O)CN(CCNC(=O)[C@@H](N)Cc1ccccc1)C(=O)[C@H](CCCCNC(=O)OCc1ccccc1)NC(=O)OCc1ccccc1)C(=O)O. The minimum absolute atomic E-state index is 0.0648. The van der Waals surface area contributed by atoms with Crippen LogP contribution in [0.25, 0.3) is 0 Å². The van der Waals surface area contributed by atoms with Crippen LogP contribution in [0.5, 0.6) is 0 Å². The number of unbranched alkanes of at least 4 members (excludes halogenated alkanes) is 2. The van der Waals surface area contributed by atoms with Crippen molar-refractivity contribution in [2.24, 2.45) is 11.5 Å². The summed E-state index contributed by atoms with van der Waals surface area (Å²) in [5, 5.41) is 20.2. The molecule has 0 aliphatic heterocycles. The van der Waals surface area contributed by atoms with Gasteiger partial charge in [-0.15, -0.1) is 0 Å². The highest BCUT2D eigenvalue weighted by molar-refractivity contribution is 5.91. The van der Waals surface area contributed by atoms with Crippen LogP contribution < -0.4 is 32.7 Å². The molecule has 0 bridgehead atoms. The summed E-state index contributed by atoms with van der Waals surface area (Å²) in [6.07, 6.45) is 0.781. The van der Waals surface area contributed by atoms with Gasteiger partial charge in [0, 0.05) is 19.6 Å². The Hall–Kier alpha value is -6.00. The molecule has 0 spiro atoms. The Morgan fingerprint density at radius 3 is 1.77 bits per heavy atom. The van der Waals surface area contributed by atoms with E-state index in [-0.39, 0.29) is 52.1 Å². The van der Waals surface area contributed by atoms with Gasteiger partial charge in [-0.1, -0.05) is 91.0 Å². The van der Waals surface area contributed by atoms with Gasteiger partial charge in [0.05, 0.1) is 12.6 Å². The van der Waals surface area contributed by atoms with Crippen LogP contribution in [0, 0.1) is 0 Å². The Morgan fingerprint density at radius 2 is 1.19 bits per heavy atom. The molecular weight excluding hydrogens is 734 g/mol. The topological polar surface area (TPSA) is 245 Å². The molecular formula is C41H55N7O9. The van der Waals surface area contributed by atoms with Gasteiger partial charge in [-0.2, -0.15) is 0 Å². The van der Waals surface area contributed by atoms with Gasteiger partial charge in [0.2, 0.25) is 17.7 Å². The maximum Gasteiger partial charge on any atom is 0.408 e. The molecule has 5 amide bonds. The van der Waals surface area contributed by atoms with Gasteiger partial charge >= 0.3 is 18.2 Å². The molecule has 0 radical (unpaired) electrons. The molecule has 0 aliphatic rings. The molecule has 3 rings (SSSR count). The minimum atomic E-state index is -1.24. The second kappa shape index (κ2) is 26.0. The van der Waals surface area contributed by atoms with E-state index in [2.05, 4.69) is 21.3 Å². The fourth-order valence-electron chi connectivity index (χ4n) is 5.66. The number of hydrogen-bond acceptors (Lipinski definition) is 10. The van der Waals surface area contributed by atoms with E-state index in [4.69, 9.17) is 20.9 Å². The zero-order chi connectivity index (χ0) is 41.3. The third-order valence-corrected chi connectivity index (χ3v) is 8.75. The standard InChI is InChI=1S/C41H55N7O9/c42-22-12-10-21-35(39(52)53)46-36(49)27-48(25-24-44-37(50)33(43)26-30-14-4-1-5-15-30)38(51)34(47-41(55)57-29-32-18-8-3-9-19-32)20-11-13-23-45-40(54)56-28-31-16-6-2-7-17-31/h1-9,14-19,33-35H,10-13,20-29,42-43H2,(H,44,50)(H,45,54)(H,46,49)(H,47,55)(H,52,53)/t33-,34-,35-/m0/s1. The summed E-state index contributed by atoms with van der Waals surface area (Å²) in [7, 11) is 0. The number of nitrogens with two attached hydrogens (primary N) is 2. The molecule has 0 saturated carbocycles. The monoisotopic (exact) mass is 789 g/mol. The number of carboxylic acid groups (broad SMARTS) is 1. The van der Waals surface area contributed by atoms with Crippen LogP contribution >= 0.6 is 0 Å². The molecule has 0 aromatic heterocycles. The summed E-state index contributed by atoms with van der Waals surface area (Å²) in [6.45, 7) is -0.231. The normalized spacial score (nSPS) is 12.2. The molecule has 16 heteroatoms. The molecule has 0 fully saturated rings. The van der Waals surface area contributed by atoms with E-state index >= 15 is 0 Å². The highest BCUT2D eigenvalue weighted by Gasteiger charge is 2.29. The molecule has 3 atom stereocenters. The Labute approximate surface area is 333 Å². The van der Waals surface area contributed by atoms with Gasteiger partial charge in [-0.3, -0.25) is 14.4 Å². The van der Waals surface area contributed by atoms with Gasteiger partial charge in [0.25, 0.3) is 0 Å². The van der Waals surface area contributed by atoms with Gasteiger partial charge < -0.3 is 52.2 Å². The number of alkyl carbamates (subject to hydrolysis) is 2. The fourth-order valence-corrected chi connectivity index (χ4v) is 5.66. The fraction of sp³-hybridized carbons (Fsp3) is 0.415. The van der Waals surface area contributed by atoms with Crippen molar-refractivity contribution in [3.8, 4) is 0 Å². The number of carbonyl (C=O) groups excluding carboxylic acids is 5. The molecule has 16 nitrogen and oxygen atoms in total. The van der Waals surface area contributed by atoms with E-state index in [1.807, 2.05) is 66.7 Å². The number of carbonyl (C=O) groups is 6. The van der Waals surface area contributed by atoms with Crippen LogP contribution in [-0.4, -0.2) is 96.7 Å². The first kappa shape index (κ1) is 45.4. The zero-order valence-electron chi connectivity index (χ0n) is 32.1. The maximum absolute atomic E-state index is 14.2. The first-order valence-corrected chi connectivity index (χ1v) is 19.1. The summed E-state index contributed by atoms with van der Waals surface area (Å²) in [6, 6.07) is 24.0. The number of benzene rings is 3. The van der Waals surface area contributed by atoms with Gasteiger partial charge in [0.15, 0.2) is 0 Å². The highest BCUT2D eigenvalue weighted by Crippen LogP contribution is 2.09. The van der Waals surface area contributed by atoms with E-state index in [9.17, 15) is 33.9 Å². The van der Waals surface area contributed by atoms with Crippen LogP contribution in [0.1, 0.15) is 55.2 Å². The number of ether oxygens (including phenoxy) is 2. The van der Waals surface area contributed by atoms with E-state index < -0.39 is 60.5 Å². The first-order valence-electron chi connectivity index (χ1n) is 19.1. The molecule has 3 aromatic carbocycles. The van der Waals surface area contributed by atoms with Crippen molar-refractivity contribution >= 4 is 35.9 Å². The predicted molar refractivity (Wildman–Crippen MR) is 212 cm³/mol. The number of amides is 5. The van der Waals surface area contributed by atoms with Crippen molar-refractivity contribution in [1.29, 1.82) is 0 Å². The quantitative estimate of drug-likeness (QED) is 0.0615. The lowest BCUT2D eigenvalue weighted by Crippen LogP contribution is -2.54. The zero-order valence-corrected chi connectivity index (χ0v) is 32.1. The molecule has 57 heavy (non-hydrogen) atoms. The van der Waals surface area contributed by atoms with Crippen LogP contribution in [0.2, 0.25) is 0 Å². The number of carboxylic acids is 1. The Morgan fingerprint density at radius 1 is 0.649 bits per heavy atom. The smallest absolute Gasteiger partial charge is 0.408 e. The van der Waals surface area contributed by atoms with E-state index in [1.165, 1.54) is 0 Å². The van der Waals surface area contributed by atoms with Crippen molar-refractivity contribution in [2.75, 3.05) is 32.7 Å². The Bertz CT molecular complexity index is 1680. The number of nitrogens with zero attached hydrogens (tertiary/aromatic N) is 1. The average molecular weight is 790 g/mol. The first-order chi connectivity index (χ1) is 27.5. The number of nitrogens with one attached hydrogen (secondary N) is 4. The van der Waals surface area contributed by atoms with Crippen molar-refractivity contribution in [1.82, 2.24) is 26.2 Å². The second-order valence-electron chi connectivity index (χ2n) is 13.3. The lowest BCUT2D eigenvalue weighted by atomic mass is 10.1. The molecule has 9 N–H and O–H groups in total. The van der Waals surface area contributed by atoms with E-state index in [0.29, 0.717) is 32.2 Å². The average Bonchev–Trinajstić information content (AvgIpc) is 3.21. The van der Waals surface area contributed by atoms with Crippen LogP contribution in [0.4, 0.5) is 9.59 Å². The van der Waals surface area contributed by atoms with Crippen molar-refractivity contribution in [3.63, 3.8) is 0 Å². The van der Waals surface area contributed by atoms with E-state index in [1.54, 1.807) is 24.3 Å². The molecule has 308 valence electrons. The van der Waals surface area contributed by atoms with Gasteiger partial charge in [0.1, 0.15) is 25.3 Å². The second-order valence-corrected chi connectivity index (χ2v) is 13.3. The predicted octanol–water partition coefficient (Wildman–Crippen LogP) is 2.59. The summed E-state index contributed by atoms with van der Waals surface area (Å²) < 4.78 is 10.6. The van der Waals surface area contributed by atoms with Crippen LogP contribution in [0.15, 0.2) is 91.0 Å². The third kappa shape index (κ3) is 18.5. The summed E-state index contributed by atoms with van der Waals surface area (Å²) in [5.74, 6) is -3.14. The van der Waals surface area contributed by atoms with Crippen molar-refractivity contribution in [2.45, 2.75) is 76.3 Å². The Balaban J connectivity index is 1.70. The van der Waals surface area contributed by atoms with Gasteiger partial charge in [-0.05, 0) is 68.2 Å². The number of rotatable bonds is 25. The molecule has 0 unspecified atom stereocenters. The summed E-state index contributed by atoms with van der Waals surface area (Å²) >= 11 is 0. The molecule has 0 aliphatic carbocycles.